The lowest BCUT2D eigenvalue weighted by Crippen LogP contribution is -2.30. The highest BCUT2D eigenvalue weighted by molar-refractivity contribution is 7.99. The average Bonchev–Trinajstić information content (AvgIpc) is 2.53. The Morgan fingerprint density at radius 1 is 1.75 bits per heavy atom. The summed E-state index contributed by atoms with van der Waals surface area (Å²) in [6.07, 6.45) is 3.22. The van der Waals surface area contributed by atoms with Crippen LogP contribution in [0.3, 0.4) is 0 Å². The van der Waals surface area contributed by atoms with Crippen molar-refractivity contribution in [2.45, 2.75) is 6.42 Å². The number of rotatable bonds is 4. The van der Waals surface area contributed by atoms with E-state index in [2.05, 4.69) is 5.32 Å². The van der Waals surface area contributed by atoms with Gasteiger partial charge in [-0.2, -0.15) is 23.5 Å². The topological polar surface area (TPSA) is 29.1 Å². The van der Waals surface area contributed by atoms with Crippen molar-refractivity contribution in [3.63, 3.8) is 0 Å². The molecule has 2 nitrogen and oxygen atoms in total. The molecule has 0 aromatic carbocycles. The highest BCUT2D eigenvalue weighted by atomic mass is 32.2. The summed E-state index contributed by atoms with van der Waals surface area (Å²) >= 11 is 3.57. The van der Waals surface area contributed by atoms with Crippen LogP contribution in [0, 0.1) is 5.92 Å². The molecule has 1 heterocycles. The molecular formula is C8H15NOS2. The fourth-order valence-corrected chi connectivity index (χ4v) is 2.83. The van der Waals surface area contributed by atoms with Gasteiger partial charge in [0, 0.05) is 6.54 Å². The van der Waals surface area contributed by atoms with Crippen LogP contribution in [-0.2, 0) is 4.79 Å². The Labute approximate surface area is 82.2 Å². The third-order valence-corrected chi connectivity index (χ3v) is 3.67. The summed E-state index contributed by atoms with van der Waals surface area (Å²) in [5, 5.41) is 2.95. The highest BCUT2D eigenvalue weighted by Crippen LogP contribution is 2.22. The van der Waals surface area contributed by atoms with Crippen LogP contribution in [0.2, 0.25) is 0 Å². The van der Waals surface area contributed by atoms with Gasteiger partial charge in [0.25, 0.3) is 0 Å². The molecular weight excluding hydrogens is 190 g/mol. The first-order valence-corrected chi connectivity index (χ1v) is 6.71. The number of amides is 1. The lowest BCUT2D eigenvalue weighted by molar-refractivity contribution is -0.118. The zero-order chi connectivity index (χ0) is 8.81. The van der Waals surface area contributed by atoms with E-state index in [0.717, 1.165) is 12.5 Å². The van der Waals surface area contributed by atoms with E-state index in [1.54, 1.807) is 11.8 Å². The highest BCUT2D eigenvalue weighted by Gasteiger charge is 2.15. The SMILES string of the molecule is CSCC(=O)NC[C@@H]1CCSC1. The molecule has 1 fully saturated rings. The molecule has 0 aromatic rings. The fourth-order valence-electron chi connectivity index (χ4n) is 1.18. The molecule has 70 valence electrons. The monoisotopic (exact) mass is 205 g/mol. The van der Waals surface area contributed by atoms with Gasteiger partial charge in [-0.1, -0.05) is 0 Å². The Hall–Kier alpha value is 0.170. The molecule has 0 aromatic heterocycles. The fraction of sp³-hybridized carbons (Fsp3) is 0.875. The largest absolute Gasteiger partial charge is 0.355 e. The Morgan fingerprint density at radius 2 is 2.58 bits per heavy atom. The Bertz CT molecular complexity index is 146. The van der Waals surface area contributed by atoms with Gasteiger partial charge in [0.05, 0.1) is 5.75 Å². The number of hydrogen-bond donors (Lipinski definition) is 1. The Balaban J connectivity index is 2.03. The predicted molar refractivity (Wildman–Crippen MR) is 56.8 cm³/mol. The molecule has 1 aliphatic heterocycles. The molecule has 0 spiro atoms. The molecule has 0 saturated carbocycles. The van der Waals surface area contributed by atoms with Crippen molar-refractivity contribution in [3.05, 3.63) is 0 Å². The standard InChI is InChI=1S/C8H15NOS2/c1-11-6-8(10)9-4-7-2-3-12-5-7/h7H,2-6H2,1H3,(H,9,10)/t7-/m0/s1. The molecule has 1 rings (SSSR count). The van der Waals surface area contributed by atoms with E-state index in [1.807, 2.05) is 18.0 Å². The van der Waals surface area contributed by atoms with Gasteiger partial charge in [-0.15, -0.1) is 0 Å². The van der Waals surface area contributed by atoms with Gasteiger partial charge in [-0.25, -0.2) is 0 Å². The van der Waals surface area contributed by atoms with Gasteiger partial charge in [-0.3, -0.25) is 4.79 Å². The van der Waals surface area contributed by atoms with E-state index < -0.39 is 0 Å². The van der Waals surface area contributed by atoms with Crippen molar-refractivity contribution >= 4 is 29.4 Å². The average molecular weight is 205 g/mol. The second-order valence-electron chi connectivity index (χ2n) is 2.97. The van der Waals surface area contributed by atoms with Gasteiger partial charge in [0.15, 0.2) is 0 Å². The van der Waals surface area contributed by atoms with Crippen LogP contribution < -0.4 is 5.32 Å². The van der Waals surface area contributed by atoms with Gasteiger partial charge in [0.1, 0.15) is 0 Å². The number of hydrogen-bond acceptors (Lipinski definition) is 3. The van der Waals surface area contributed by atoms with E-state index in [4.69, 9.17) is 0 Å². The van der Waals surface area contributed by atoms with Gasteiger partial charge in [-0.05, 0) is 30.1 Å². The third kappa shape index (κ3) is 3.72. The summed E-state index contributed by atoms with van der Waals surface area (Å²) in [4.78, 5) is 11.1. The smallest absolute Gasteiger partial charge is 0.229 e. The molecule has 4 heteroatoms. The summed E-state index contributed by atoms with van der Waals surface area (Å²) in [5.74, 6) is 3.99. The molecule has 1 N–H and O–H groups in total. The van der Waals surface area contributed by atoms with Crippen molar-refractivity contribution in [1.82, 2.24) is 5.32 Å². The molecule has 1 atom stereocenters. The van der Waals surface area contributed by atoms with E-state index >= 15 is 0 Å². The van der Waals surface area contributed by atoms with E-state index in [-0.39, 0.29) is 5.91 Å². The van der Waals surface area contributed by atoms with Crippen LogP contribution >= 0.6 is 23.5 Å². The minimum absolute atomic E-state index is 0.180. The normalized spacial score (nSPS) is 22.6. The van der Waals surface area contributed by atoms with Gasteiger partial charge < -0.3 is 5.32 Å². The minimum Gasteiger partial charge on any atom is -0.355 e. The number of nitrogens with one attached hydrogen (secondary N) is 1. The van der Waals surface area contributed by atoms with E-state index in [1.165, 1.54) is 17.9 Å². The maximum Gasteiger partial charge on any atom is 0.229 e. The van der Waals surface area contributed by atoms with E-state index in [9.17, 15) is 4.79 Å². The summed E-state index contributed by atoms with van der Waals surface area (Å²) < 4.78 is 0. The number of thioether (sulfide) groups is 2. The first-order valence-electron chi connectivity index (χ1n) is 4.16. The molecule has 0 bridgehead atoms. The maximum absolute atomic E-state index is 11.1. The lowest BCUT2D eigenvalue weighted by atomic mass is 10.1. The van der Waals surface area contributed by atoms with Crippen LogP contribution in [0.4, 0.5) is 0 Å². The van der Waals surface area contributed by atoms with Crippen molar-refractivity contribution in [3.8, 4) is 0 Å². The molecule has 1 amide bonds. The molecule has 1 aliphatic rings. The zero-order valence-electron chi connectivity index (χ0n) is 7.34. The second-order valence-corrected chi connectivity index (χ2v) is 4.98. The van der Waals surface area contributed by atoms with Crippen LogP contribution in [0.15, 0.2) is 0 Å². The van der Waals surface area contributed by atoms with Crippen molar-refractivity contribution < 1.29 is 4.79 Å². The number of carbonyl (C=O) groups is 1. The van der Waals surface area contributed by atoms with Crippen LogP contribution in [-0.4, -0.2) is 36.0 Å². The van der Waals surface area contributed by atoms with Crippen molar-refractivity contribution in [2.24, 2.45) is 5.92 Å². The van der Waals surface area contributed by atoms with Crippen LogP contribution in [0.5, 0.6) is 0 Å². The summed E-state index contributed by atoms with van der Waals surface area (Å²) in [6, 6.07) is 0. The third-order valence-electron chi connectivity index (χ3n) is 1.89. The second kappa shape index (κ2) is 5.75. The molecule has 0 radical (unpaired) electrons. The van der Waals surface area contributed by atoms with Gasteiger partial charge >= 0.3 is 0 Å². The summed E-state index contributed by atoms with van der Waals surface area (Å²) in [5.41, 5.74) is 0. The zero-order valence-corrected chi connectivity index (χ0v) is 8.97. The molecule has 12 heavy (non-hydrogen) atoms. The molecule has 0 unspecified atom stereocenters. The van der Waals surface area contributed by atoms with Gasteiger partial charge in [0.2, 0.25) is 5.91 Å². The molecule has 0 aliphatic carbocycles. The number of carbonyl (C=O) groups excluding carboxylic acids is 1. The van der Waals surface area contributed by atoms with Crippen LogP contribution in [0.1, 0.15) is 6.42 Å². The summed E-state index contributed by atoms with van der Waals surface area (Å²) in [7, 11) is 0. The van der Waals surface area contributed by atoms with Crippen molar-refractivity contribution in [1.29, 1.82) is 0 Å². The quantitative estimate of drug-likeness (QED) is 0.748. The lowest BCUT2D eigenvalue weighted by Gasteiger charge is -2.08. The Morgan fingerprint density at radius 3 is 3.17 bits per heavy atom. The van der Waals surface area contributed by atoms with Crippen LogP contribution in [0.25, 0.3) is 0 Å². The first-order chi connectivity index (χ1) is 5.83. The predicted octanol–water partition coefficient (Wildman–Crippen LogP) is 1.22. The summed E-state index contributed by atoms with van der Waals surface area (Å²) in [6.45, 7) is 0.881. The first kappa shape index (κ1) is 10.3. The van der Waals surface area contributed by atoms with Crippen molar-refractivity contribution in [2.75, 3.05) is 30.1 Å². The Kier molecular flexibility index (Phi) is 4.92. The maximum atomic E-state index is 11.1. The molecule has 1 saturated heterocycles. The van der Waals surface area contributed by atoms with E-state index in [0.29, 0.717) is 5.75 Å². The minimum atomic E-state index is 0.180.